The molecule has 5 rings (SSSR count). The second kappa shape index (κ2) is 9.89. The van der Waals surface area contributed by atoms with Gasteiger partial charge in [-0.2, -0.15) is 9.97 Å². The van der Waals surface area contributed by atoms with E-state index >= 15 is 0 Å². The number of hydrogen-bond acceptors (Lipinski definition) is 6. The summed E-state index contributed by atoms with van der Waals surface area (Å²) in [6.45, 7) is 2.50. The van der Waals surface area contributed by atoms with Gasteiger partial charge >= 0.3 is 0 Å². The number of benzene rings is 1. The van der Waals surface area contributed by atoms with E-state index in [2.05, 4.69) is 39.9 Å². The Morgan fingerprint density at radius 2 is 1.73 bits per heavy atom. The van der Waals surface area contributed by atoms with Crippen molar-refractivity contribution in [3.63, 3.8) is 0 Å². The van der Waals surface area contributed by atoms with Crippen molar-refractivity contribution in [2.75, 3.05) is 10.6 Å². The van der Waals surface area contributed by atoms with Gasteiger partial charge in [0.2, 0.25) is 5.95 Å². The highest BCUT2D eigenvalue weighted by Gasteiger charge is 2.20. The van der Waals surface area contributed by atoms with E-state index in [0.29, 0.717) is 24.2 Å². The fraction of sp³-hybridized carbons (Fsp3) is 0.538. The quantitative estimate of drug-likeness (QED) is 0.480. The van der Waals surface area contributed by atoms with E-state index in [1.807, 2.05) is 4.57 Å². The van der Waals surface area contributed by atoms with E-state index in [1.165, 1.54) is 56.1 Å². The molecule has 1 aromatic carbocycles. The Labute approximate surface area is 195 Å². The van der Waals surface area contributed by atoms with Crippen LogP contribution < -0.4 is 10.6 Å². The zero-order valence-electron chi connectivity index (χ0n) is 19.5. The van der Waals surface area contributed by atoms with Gasteiger partial charge in [-0.1, -0.05) is 56.4 Å². The molecule has 0 radical (unpaired) electrons. The highest BCUT2D eigenvalue weighted by atomic mass is 16.1. The predicted octanol–water partition coefficient (Wildman–Crippen LogP) is 5.43. The minimum atomic E-state index is 0.0748. The summed E-state index contributed by atoms with van der Waals surface area (Å²) in [7, 11) is 0. The average Bonchev–Trinajstić information content (AvgIpc) is 3.49. The number of aromatic nitrogens is 4. The van der Waals surface area contributed by atoms with Crippen molar-refractivity contribution in [3.8, 4) is 0 Å². The molecule has 2 aliphatic carbocycles. The minimum Gasteiger partial charge on any atom is -0.365 e. The zero-order chi connectivity index (χ0) is 22.6. The summed E-state index contributed by atoms with van der Waals surface area (Å²) in [5.74, 6) is 2.11. The standard InChI is InChI=1S/C26H34N6O/c1-18(33)16-32-17-28-23-24(29-22-9-5-6-10-22)30-26(31-25(23)32)27-15-19-11-13-21(14-12-19)20-7-3-2-4-8-20/h11-14,17,20,22H,2-10,15-16H2,1H3,(H2,27,29,30,31). The summed E-state index contributed by atoms with van der Waals surface area (Å²) in [5.41, 5.74) is 4.09. The molecule has 2 N–H and O–H groups in total. The largest absolute Gasteiger partial charge is 0.365 e. The molecule has 2 aromatic heterocycles. The van der Waals surface area contributed by atoms with Crippen molar-refractivity contribution in [3.05, 3.63) is 41.7 Å². The van der Waals surface area contributed by atoms with Gasteiger partial charge in [0, 0.05) is 12.6 Å². The van der Waals surface area contributed by atoms with Crippen molar-refractivity contribution in [2.45, 2.75) is 89.8 Å². The van der Waals surface area contributed by atoms with Crippen LogP contribution >= 0.6 is 0 Å². The molecular formula is C26H34N6O. The van der Waals surface area contributed by atoms with Gasteiger partial charge in [0.25, 0.3) is 0 Å². The van der Waals surface area contributed by atoms with Crippen LogP contribution in [0.5, 0.6) is 0 Å². The lowest BCUT2D eigenvalue weighted by Crippen LogP contribution is -2.17. The first-order valence-electron chi connectivity index (χ1n) is 12.5. The van der Waals surface area contributed by atoms with E-state index < -0.39 is 0 Å². The highest BCUT2D eigenvalue weighted by Crippen LogP contribution is 2.32. The average molecular weight is 447 g/mol. The van der Waals surface area contributed by atoms with Crippen molar-refractivity contribution in [1.82, 2.24) is 19.5 Å². The monoisotopic (exact) mass is 446 g/mol. The Morgan fingerprint density at radius 3 is 2.45 bits per heavy atom. The number of carbonyl (C=O) groups excluding carboxylic acids is 1. The number of nitrogens with one attached hydrogen (secondary N) is 2. The normalized spacial score (nSPS) is 17.5. The van der Waals surface area contributed by atoms with Crippen LogP contribution in [0.2, 0.25) is 0 Å². The molecule has 7 nitrogen and oxygen atoms in total. The van der Waals surface area contributed by atoms with Crippen LogP contribution in [0.3, 0.4) is 0 Å². The Hall–Kier alpha value is -2.96. The lowest BCUT2D eigenvalue weighted by molar-refractivity contribution is -0.117. The third-order valence-corrected chi connectivity index (χ3v) is 7.06. The third-order valence-electron chi connectivity index (χ3n) is 7.06. The van der Waals surface area contributed by atoms with E-state index in [9.17, 15) is 4.79 Å². The number of ketones is 1. The van der Waals surface area contributed by atoms with Gasteiger partial charge < -0.3 is 15.2 Å². The molecule has 2 saturated carbocycles. The first-order valence-corrected chi connectivity index (χ1v) is 12.5. The molecule has 0 atom stereocenters. The number of Topliss-reactive ketones (excluding diaryl/α,β-unsaturated/α-hetero) is 1. The van der Waals surface area contributed by atoms with Gasteiger partial charge in [0.15, 0.2) is 17.0 Å². The smallest absolute Gasteiger partial charge is 0.227 e. The van der Waals surface area contributed by atoms with Crippen LogP contribution in [0.25, 0.3) is 11.2 Å². The first-order chi connectivity index (χ1) is 16.2. The number of rotatable bonds is 8. The molecule has 0 unspecified atom stereocenters. The predicted molar refractivity (Wildman–Crippen MR) is 131 cm³/mol. The molecule has 0 aliphatic heterocycles. The number of anilines is 2. The van der Waals surface area contributed by atoms with Gasteiger partial charge in [-0.25, -0.2) is 4.98 Å². The van der Waals surface area contributed by atoms with Crippen LogP contribution in [-0.2, 0) is 17.9 Å². The number of imidazole rings is 1. The van der Waals surface area contributed by atoms with Crippen molar-refractivity contribution in [2.24, 2.45) is 0 Å². The van der Waals surface area contributed by atoms with Gasteiger partial charge in [0.05, 0.1) is 12.9 Å². The maximum atomic E-state index is 11.7. The fourth-order valence-corrected chi connectivity index (χ4v) is 5.27. The molecular weight excluding hydrogens is 412 g/mol. The summed E-state index contributed by atoms with van der Waals surface area (Å²) in [6, 6.07) is 9.42. The van der Waals surface area contributed by atoms with E-state index in [-0.39, 0.29) is 12.3 Å². The summed E-state index contributed by atoms with van der Waals surface area (Å²) < 4.78 is 1.81. The lowest BCUT2D eigenvalue weighted by Gasteiger charge is -2.22. The Kier molecular flexibility index (Phi) is 6.55. The first kappa shape index (κ1) is 21.9. The number of nitrogens with zero attached hydrogens (tertiary/aromatic N) is 4. The molecule has 2 heterocycles. The van der Waals surface area contributed by atoms with E-state index in [0.717, 1.165) is 30.1 Å². The molecule has 0 bridgehead atoms. The van der Waals surface area contributed by atoms with Crippen molar-refractivity contribution < 1.29 is 4.79 Å². The molecule has 7 heteroatoms. The molecule has 33 heavy (non-hydrogen) atoms. The fourth-order valence-electron chi connectivity index (χ4n) is 5.27. The number of hydrogen-bond donors (Lipinski definition) is 2. The van der Waals surface area contributed by atoms with Gasteiger partial charge in [-0.15, -0.1) is 0 Å². The molecule has 0 spiro atoms. The summed E-state index contributed by atoms with van der Waals surface area (Å²) >= 11 is 0. The summed E-state index contributed by atoms with van der Waals surface area (Å²) in [4.78, 5) is 25.7. The maximum absolute atomic E-state index is 11.7. The molecule has 2 fully saturated rings. The zero-order valence-corrected chi connectivity index (χ0v) is 19.5. The maximum Gasteiger partial charge on any atom is 0.227 e. The Bertz CT molecular complexity index is 1090. The van der Waals surface area contributed by atoms with Gasteiger partial charge in [0.1, 0.15) is 5.78 Å². The molecule has 0 saturated heterocycles. The topological polar surface area (TPSA) is 84.7 Å². The van der Waals surface area contributed by atoms with Crippen LogP contribution in [0.1, 0.15) is 81.8 Å². The summed E-state index contributed by atoms with van der Waals surface area (Å²) in [6.07, 6.45) is 13.2. The van der Waals surface area contributed by atoms with Gasteiger partial charge in [-0.3, -0.25) is 4.79 Å². The molecule has 2 aliphatic rings. The highest BCUT2D eigenvalue weighted by molar-refractivity contribution is 5.86. The Morgan fingerprint density at radius 1 is 1.00 bits per heavy atom. The second-order valence-electron chi connectivity index (χ2n) is 9.70. The van der Waals surface area contributed by atoms with Crippen molar-refractivity contribution >= 4 is 28.7 Å². The lowest BCUT2D eigenvalue weighted by atomic mass is 9.84. The van der Waals surface area contributed by atoms with E-state index in [4.69, 9.17) is 9.97 Å². The van der Waals surface area contributed by atoms with Crippen LogP contribution in [-0.4, -0.2) is 31.3 Å². The van der Waals surface area contributed by atoms with E-state index in [1.54, 1.807) is 13.3 Å². The van der Waals surface area contributed by atoms with Crippen LogP contribution in [0.15, 0.2) is 30.6 Å². The Balaban J connectivity index is 1.34. The number of fused-ring (bicyclic) bond motifs is 1. The molecule has 3 aromatic rings. The summed E-state index contributed by atoms with van der Waals surface area (Å²) in [5, 5.41) is 6.98. The SMILES string of the molecule is CC(=O)Cn1cnc2c(NC3CCCC3)nc(NCc3ccc(C4CCCCC4)cc3)nc21. The van der Waals surface area contributed by atoms with Crippen LogP contribution in [0.4, 0.5) is 11.8 Å². The minimum absolute atomic E-state index is 0.0748. The van der Waals surface area contributed by atoms with Crippen molar-refractivity contribution in [1.29, 1.82) is 0 Å². The molecule has 0 amide bonds. The van der Waals surface area contributed by atoms with Gasteiger partial charge in [-0.05, 0) is 49.7 Å². The van der Waals surface area contributed by atoms with Crippen LogP contribution in [0, 0.1) is 0 Å². The molecule has 174 valence electrons. The number of carbonyl (C=O) groups is 1. The second-order valence-corrected chi connectivity index (χ2v) is 9.70. The third kappa shape index (κ3) is 5.18.